The number of nitrogens with one attached hydrogen (secondary N) is 1. The molecule has 4 aromatic rings. The van der Waals surface area contributed by atoms with Gasteiger partial charge in [0.2, 0.25) is 0 Å². The Kier molecular flexibility index (Phi) is 5.16. The maximum Gasteiger partial charge on any atom is 0.275 e. The Balaban J connectivity index is 1.52. The highest BCUT2D eigenvalue weighted by molar-refractivity contribution is 7.13. The third-order valence-electron chi connectivity index (χ3n) is 5.74. The minimum atomic E-state index is -0.197. The second-order valence-electron chi connectivity index (χ2n) is 7.86. The normalized spacial score (nSPS) is 13.1. The molecule has 5 rings (SSSR count). The summed E-state index contributed by atoms with van der Waals surface area (Å²) in [5.74, 6) is 0.550. The molecule has 2 heterocycles. The van der Waals surface area contributed by atoms with Crippen molar-refractivity contribution in [3.05, 3.63) is 70.4 Å². The van der Waals surface area contributed by atoms with Crippen molar-refractivity contribution in [1.29, 1.82) is 0 Å². The Morgan fingerprint density at radius 3 is 2.68 bits per heavy atom. The number of ether oxygens (including phenoxy) is 1. The molecular weight excluding hydrogens is 406 g/mol. The van der Waals surface area contributed by atoms with Crippen LogP contribution in [-0.4, -0.2) is 23.0 Å². The number of anilines is 1. The fourth-order valence-electron chi connectivity index (χ4n) is 4.06. The Hall–Kier alpha value is -3.25. The number of hydrogen-bond donors (Lipinski definition) is 1. The standard InChI is InChI=1S/C25H23N3O2S/c1-15-7-9-16(10-8-15)25-27-22(14-31-25)24(29)28-23-18-5-3-4-6-20(18)26-21-12-11-17(30-2)13-19(21)23/h7-14H,3-6H2,1-2H3,(H,26,28,29). The molecule has 0 saturated carbocycles. The number of hydrogen-bond acceptors (Lipinski definition) is 5. The number of rotatable bonds is 4. The third kappa shape index (κ3) is 3.79. The first-order chi connectivity index (χ1) is 15.1. The summed E-state index contributed by atoms with van der Waals surface area (Å²) in [6.45, 7) is 2.05. The van der Waals surface area contributed by atoms with Gasteiger partial charge >= 0.3 is 0 Å². The topological polar surface area (TPSA) is 64.1 Å². The van der Waals surface area contributed by atoms with E-state index in [1.165, 1.54) is 16.9 Å². The number of pyridine rings is 1. The van der Waals surface area contributed by atoms with Crippen LogP contribution in [0.25, 0.3) is 21.5 Å². The van der Waals surface area contributed by atoms with E-state index in [0.717, 1.165) is 69.9 Å². The second kappa shape index (κ2) is 8.12. The van der Waals surface area contributed by atoms with E-state index < -0.39 is 0 Å². The van der Waals surface area contributed by atoms with E-state index in [-0.39, 0.29) is 5.91 Å². The summed E-state index contributed by atoms with van der Waals surface area (Å²) in [5, 5.41) is 6.73. The predicted molar refractivity (Wildman–Crippen MR) is 125 cm³/mol. The molecule has 2 aromatic carbocycles. The van der Waals surface area contributed by atoms with Crippen molar-refractivity contribution in [3.63, 3.8) is 0 Å². The first-order valence-corrected chi connectivity index (χ1v) is 11.3. The van der Waals surface area contributed by atoms with E-state index in [2.05, 4.69) is 29.4 Å². The number of amides is 1. The number of benzene rings is 2. The van der Waals surface area contributed by atoms with Gasteiger partial charge in [0.05, 0.1) is 18.3 Å². The van der Waals surface area contributed by atoms with Gasteiger partial charge in [0.1, 0.15) is 16.5 Å². The molecule has 0 aliphatic heterocycles. The predicted octanol–water partition coefficient (Wildman–Crippen LogP) is 5.81. The molecule has 0 spiro atoms. The van der Waals surface area contributed by atoms with Crippen molar-refractivity contribution < 1.29 is 9.53 Å². The average Bonchev–Trinajstić information content (AvgIpc) is 3.29. The van der Waals surface area contributed by atoms with Gasteiger partial charge in [-0.3, -0.25) is 9.78 Å². The van der Waals surface area contributed by atoms with E-state index in [0.29, 0.717) is 5.69 Å². The van der Waals surface area contributed by atoms with Gasteiger partial charge in [-0.1, -0.05) is 29.8 Å². The number of aromatic nitrogens is 2. The van der Waals surface area contributed by atoms with Crippen molar-refractivity contribution in [2.75, 3.05) is 12.4 Å². The third-order valence-corrected chi connectivity index (χ3v) is 6.63. The Labute approximate surface area is 185 Å². The smallest absolute Gasteiger partial charge is 0.275 e. The number of methoxy groups -OCH3 is 1. The summed E-state index contributed by atoms with van der Waals surface area (Å²) >= 11 is 1.48. The Morgan fingerprint density at radius 2 is 1.87 bits per heavy atom. The minimum Gasteiger partial charge on any atom is -0.497 e. The molecule has 0 fully saturated rings. The zero-order valence-corrected chi connectivity index (χ0v) is 18.4. The van der Waals surface area contributed by atoms with Crippen LogP contribution in [0, 0.1) is 6.92 Å². The van der Waals surface area contributed by atoms with E-state index >= 15 is 0 Å². The molecule has 5 nitrogen and oxygen atoms in total. The molecule has 31 heavy (non-hydrogen) atoms. The Bertz CT molecular complexity index is 1280. The van der Waals surface area contributed by atoms with Gasteiger partial charge in [-0.05, 0) is 56.4 Å². The van der Waals surface area contributed by atoms with E-state index in [9.17, 15) is 4.79 Å². The summed E-state index contributed by atoms with van der Waals surface area (Å²) in [4.78, 5) is 22.6. The first kappa shape index (κ1) is 19.7. The van der Waals surface area contributed by atoms with Gasteiger partial charge in [-0.25, -0.2) is 4.98 Å². The largest absolute Gasteiger partial charge is 0.497 e. The van der Waals surface area contributed by atoms with Crippen LogP contribution in [-0.2, 0) is 12.8 Å². The lowest BCUT2D eigenvalue weighted by Crippen LogP contribution is -2.17. The fraction of sp³-hybridized carbons (Fsp3) is 0.240. The van der Waals surface area contributed by atoms with Crippen molar-refractivity contribution in [2.24, 2.45) is 0 Å². The Morgan fingerprint density at radius 1 is 1.06 bits per heavy atom. The van der Waals surface area contributed by atoms with Crippen molar-refractivity contribution in [3.8, 4) is 16.3 Å². The number of thiazole rings is 1. The lowest BCUT2D eigenvalue weighted by atomic mass is 9.92. The van der Waals surface area contributed by atoms with E-state index in [4.69, 9.17) is 9.72 Å². The van der Waals surface area contributed by atoms with Crippen LogP contribution in [0.4, 0.5) is 5.69 Å². The molecule has 1 aliphatic rings. The molecule has 0 unspecified atom stereocenters. The summed E-state index contributed by atoms with van der Waals surface area (Å²) in [5.41, 5.74) is 6.57. The van der Waals surface area contributed by atoms with Crippen LogP contribution in [0.5, 0.6) is 5.75 Å². The van der Waals surface area contributed by atoms with Crippen LogP contribution >= 0.6 is 11.3 Å². The molecular formula is C25H23N3O2S. The first-order valence-electron chi connectivity index (χ1n) is 10.5. The highest BCUT2D eigenvalue weighted by atomic mass is 32.1. The fourth-order valence-corrected chi connectivity index (χ4v) is 4.86. The number of carbonyl (C=O) groups excluding carboxylic acids is 1. The van der Waals surface area contributed by atoms with Crippen molar-refractivity contribution in [2.45, 2.75) is 32.6 Å². The van der Waals surface area contributed by atoms with Gasteiger partial charge < -0.3 is 10.1 Å². The zero-order chi connectivity index (χ0) is 21.4. The number of aryl methyl sites for hydroxylation is 2. The molecule has 6 heteroatoms. The van der Waals surface area contributed by atoms with Gasteiger partial charge in [0.15, 0.2) is 0 Å². The molecule has 1 aliphatic carbocycles. The van der Waals surface area contributed by atoms with Gasteiger partial charge in [-0.15, -0.1) is 11.3 Å². The molecule has 1 N–H and O–H groups in total. The highest BCUT2D eigenvalue weighted by Crippen LogP contribution is 2.35. The van der Waals surface area contributed by atoms with Crippen LogP contribution in [0.3, 0.4) is 0 Å². The van der Waals surface area contributed by atoms with Crippen LogP contribution in [0.15, 0.2) is 47.8 Å². The summed E-state index contributed by atoms with van der Waals surface area (Å²) < 4.78 is 5.42. The van der Waals surface area contributed by atoms with Crippen LogP contribution < -0.4 is 10.1 Å². The summed E-state index contributed by atoms with van der Waals surface area (Å²) in [7, 11) is 1.65. The highest BCUT2D eigenvalue weighted by Gasteiger charge is 2.21. The zero-order valence-electron chi connectivity index (χ0n) is 17.6. The monoisotopic (exact) mass is 429 g/mol. The van der Waals surface area contributed by atoms with Crippen LogP contribution in [0.1, 0.15) is 40.2 Å². The summed E-state index contributed by atoms with van der Waals surface area (Å²) in [6.07, 6.45) is 4.08. The molecule has 1 amide bonds. The molecule has 0 atom stereocenters. The average molecular weight is 430 g/mol. The maximum atomic E-state index is 13.2. The van der Waals surface area contributed by atoms with E-state index in [1.54, 1.807) is 7.11 Å². The minimum absolute atomic E-state index is 0.197. The van der Waals surface area contributed by atoms with Crippen molar-refractivity contribution >= 4 is 33.8 Å². The molecule has 2 aromatic heterocycles. The lowest BCUT2D eigenvalue weighted by Gasteiger charge is -2.21. The summed E-state index contributed by atoms with van der Waals surface area (Å²) in [6, 6.07) is 14.0. The van der Waals surface area contributed by atoms with Crippen LogP contribution in [0.2, 0.25) is 0 Å². The van der Waals surface area contributed by atoms with Gasteiger partial charge in [0.25, 0.3) is 5.91 Å². The maximum absolute atomic E-state index is 13.2. The number of nitrogens with zero attached hydrogens (tertiary/aromatic N) is 2. The van der Waals surface area contributed by atoms with Gasteiger partial charge in [0, 0.05) is 22.0 Å². The quantitative estimate of drug-likeness (QED) is 0.445. The SMILES string of the molecule is COc1ccc2nc3c(c(NC(=O)c4csc(-c5ccc(C)cc5)n4)c2c1)CCCC3. The second-order valence-corrected chi connectivity index (χ2v) is 8.72. The molecule has 0 saturated heterocycles. The number of carbonyl (C=O) groups is 1. The molecule has 0 radical (unpaired) electrons. The molecule has 156 valence electrons. The van der Waals surface area contributed by atoms with Gasteiger partial charge in [-0.2, -0.15) is 0 Å². The molecule has 0 bridgehead atoms. The number of fused-ring (bicyclic) bond motifs is 2. The van der Waals surface area contributed by atoms with E-state index in [1.807, 2.05) is 35.7 Å². The van der Waals surface area contributed by atoms with Crippen molar-refractivity contribution in [1.82, 2.24) is 9.97 Å². The lowest BCUT2D eigenvalue weighted by molar-refractivity contribution is 0.102.